The van der Waals surface area contributed by atoms with Crippen molar-refractivity contribution in [3.63, 3.8) is 0 Å². The Morgan fingerprint density at radius 3 is 2.85 bits per heavy atom. The summed E-state index contributed by atoms with van der Waals surface area (Å²) in [6.45, 7) is 0.580. The number of carbonyl (C=O) groups excluding carboxylic acids is 1. The SMILES string of the molecule is NC1C(=O)N2CC(C[n+]3ccccc3)(C(=O)O)CS[C@H]12. The summed E-state index contributed by atoms with van der Waals surface area (Å²) in [5.74, 6) is -0.550. The van der Waals surface area contributed by atoms with E-state index in [0.29, 0.717) is 12.3 Å². The van der Waals surface area contributed by atoms with E-state index in [9.17, 15) is 14.7 Å². The van der Waals surface area contributed by atoms with E-state index in [1.807, 2.05) is 35.2 Å². The molecule has 3 heterocycles. The first-order chi connectivity index (χ1) is 9.53. The van der Waals surface area contributed by atoms with Crippen LogP contribution >= 0.6 is 11.8 Å². The quantitative estimate of drug-likeness (QED) is 0.568. The number of aliphatic carboxylic acids is 1. The highest BCUT2D eigenvalue weighted by molar-refractivity contribution is 8.00. The number of pyridine rings is 1. The van der Waals surface area contributed by atoms with E-state index in [1.165, 1.54) is 11.8 Å². The lowest BCUT2D eigenvalue weighted by Gasteiger charge is -2.51. The molecule has 2 aliphatic rings. The van der Waals surface area contributed by atoms with Gasteiger partial charge < -0.3 is 15.7 Å². The second-order valence-corrected chi connectivity index (χ2v) is 6.43. The summed E-state index contributed by atoms with van der Waals surface area (Å²) in [5.41, 5.74) is 4.77. The molecule has 6 nitrogen and oxygen atoms in total. The van der Waals surface area contributed by atoms with Crippen LogP contribution in [0.5, 0.6) is 0 Å². The van der Waals surface area contributed by atoms with Crippen molar-refractivity contribution in [3.05, 3.63) is 30.6 Å². The molecule has 0 aliphatic carbocycles. The maximum absolute atomic E-state index is 11.7. The van der Waals surface area contributed by atoms with Gasteiger partial charge in [0.05, 0.1) is 0 Å². The van der Waals surface area contributed by atoms with Crippen LogP contribution in [0, 0.1) is 5.41 Å². The fourth-order valence-corrected chi connectivity index (χ4v) is 4.19. The van der Waals surface area contributed by atoms with Crippen molar-refractivity contribution >= 4 is 23.6 Å². The molecule has 2 unspecified atom stereocenters. The Morgan fingerprint density at radius 1 is 1.50 bits per heavy atom. The summed E-state index contributed by atoms with van der Waals surface area (Å²) >= 11 is 1.47. The van der Waals surface area contributed by atoms with Gasteiger partial charge in [-0.3, -0.25) is 9.59 Å². The number of hydrogen-bond donors (Lipinski definition) is 2. The number of rotatable bonds is 3. The van der Waals surface area contributed by atoms with Gasteiger partial charge in [-0.2, -0.15) is 0 Å². The summed E-state index contributed by atoms with van der Waals surface area (Å²) < 4.78 is 1.85. The third kappa shape index (κ3) is 1.97. The van der Waals surface area contributed by atoms with Crippen LogP contribution in [-0.2, 0) is 16.1 Å². The van der Waals surface area contributed by atoms with Crippen LogP contribution in [0.3, 0.4) is 0 Å². The monoisotopic (exact) mass is 294 g/mol. The zero-order valence-corrected chi connectivity index (χ0v) is 11.6. The van der Waals surface area contributed by atoms with E-state index in [1.54, 1.807) is 4.90 Å². The van der Waals surface area contributed by atoms with Crippen LogP contribution in [0.4, 0.5) is 0 Å². The zero-order chi connectivity index (χ0) is 14.3. The van der Waals surface area contributed by atoms with Gasteiger partial charge in [0.15, 0.2) is 24.4 Å². The zero-order valence-electron chi connectivity index (χ0n) is 10.8. The largest absolute Gasteiger partial charge is 0.481 e. The smallest absolute Gasteiger partial charge is 0.318 e. The van der Waals surface area contributed by atoms with E-state index < -0.39 is 17.4 Å². The molecule has 0 aromatic carbocycles. The summed E-state index contributed by atoms with van der Waals surface area (Å²) in [5, 5.41) is 9.57. The van der Waals surface area contributed by atoms with Gasteiger partial charge in [-0.1, -0.05) is 6.07 Å². The summed E-state index contributed by atoms with van der Waals surface area (Å²) in [7, 11) is 0. The number of hydrogen-bond acceptors (Lipinski definition) is 4. The van der Waals surface area contributed by atoms with Gasteiger partial charge in [0.2, 0.25) is 5.91 Å². The first kappa shape index (κ1) is 13.4. The molecule has 20 heavy (non-hydrogen) atoms. The molecular weight excluding hydrogens is 278 g/mol. The van der Waals surface area contributed by atoms with Gasteiger partial charge >= 0.3 is 5.97 Å². The molecule has 1 amide bonds. The molecule has 0 radical (unpaired) electrons. The lowest BCUT2D eigenvalue weighted by Crippen LogP contribution is -2.73. The molecular formula is C13H16N3O3S+. The molecule has 0 bridgehead atoms. The predicted octanol–water partition coefficient (Wildman–Crippen LogP) is -0.712. The molecule has 3 N–H and O–H groups in total. The molecule has 0 spiro atoms. The van der Waals surface area contributed by atoms with E-state index in [4.69, 9.17) is 5.73 Å². The molecule has 1 aromatic heterocycles. The maximum Gasteiger partial charge on any atom is 0.318 e. The molecule has 3 rings (SSSR count). The Hall–Kier alpha value is -1.60. The van der Waals surface area contributed by atoms with Crippen molar-refractivity contribution in [2.24, 2.45) is 11.1 Å². The number of nitrogens with zero attached hydrogens (tertiary/aromatic N) is 2. The Morgan fingerprint density at radius 2 is 2.20 bits per heavy atom. The summed E-state index contributed by atoms with van der Waals surface area (Å²) in [4.78, 5) is 25.1. The van der Waals surface area contributed by atoms with E-state index >= 15 is 0 Å². The topological polar surface area (TPSA) is 87.5 Å². The Labute approximate surface area is 120 Å². The fourth-order valence-electron chi connectivity index (χ4n) is 2.71. The minimum atomic E-state index is -0.955. The predicted molar refractivity (Wildman–Crippen MR) is 72.6 cm³/mol. The molecule has 2 aliphatic heterocycles. The van der Waals surface area contributed by atoms with Crippen LogP contribution < -0.4 is 10.3 Å². The van der Waals surface area contributed by atoms with Crippen LogP contribution in [0.1, 0.15) is 0 Å². The highest BCUT2D eigenvalue weighted by Gasteiger charge is 2.57. The first-order valence-corrected chi connectivity index (χ1v) is 7.43. The van der Waals surface area contributed by atoms with E-state index in [2.05, 4.69) is 0 Å². The molecule has 2 saturated heterocycles. The number of carbonyl (C=O) groups is 2. The highest BCUT2D eigenvalue weighted by Crippen LogP contribution is 2.41. The standard InChI is InChI=1S/C13H15N3O3S/c14-9-10(17)16-7-13(12(18)19,8-20-11(9)16)6-15-4-2-1-3-5-15/h1-5,9,11H,6-8,14H2/p+1/t9?,11-,13?/m1/s1. The van der Waals surface area contributed by atoms with Crippen LogP contribution in [0.15, 0.2) is 30.6 Å². The molecule has 106 valence electrons. The summed E-state index contributed by atoms with van der Waals surface area (Å²) in [6.07, 6.45) is 3.68. The molecule has 0 saturated carbocycles. The van der Waals surface area contributed by atoms with Crippen LogP contribution in [0.2, 0.25) is 0 Å². The molecule has 3 atom stereocenters. The Kier molecular flexibility index (Phi) is 3.18. The second kappa shape index (κ2) is 4.75. The first-order valence-electron chi connectivity index (χ1n) is 6.39. The molecule has 7 heteroatoms. The van der Waals surface area contributed by atoms with Crippen molar-refractivity contribution in [1.82, 2.24) is 4.90 Å². The Bertz CT molecular complexity index is 553. The van der Waals surface area contributed by atoms with E-state index in [-0.39, 0.29) is 17.8 Å². The van der Waals surface area contributed by atoms with Gasteiger partial charge in [-0.05, 0) is 0 Å². The van der Waals surface area contributed by atoms with Gasteiger partial charge in [0.25, 0.3) is 0 Å². The number of fused-ring (bicyclic) bond motifs is 1. The van der Waals surface area contributed by atoms with Crippen LogP contribution in [0.25, 0.3) is 0 Å². The minimum absolute atomic E-state index is 0.0595. The second-order valence-electron chi connectivity index (χ2n) is 5.33. The average Bonchev–Trinajstić information content (AvgIpc) is 2.47. The van der Waals surface area contributed by atoms with Gasteiger partial charge in [0.1, 0.15) is 11.4 Å². The van der Waals surface area contributed by atoms with E-state index in [0.717, 1.165) is 0 Å². The van der Waals surface area contributed by atoms with Crippen molar-refractivity contribution < 1.29 is 19.3 Å². The number of carboxylic acid groups (broad SMARTS) is 1. The summed E-state index contributed by atoms with van der Waals surface area (Å²) in [6, 6.07) is 5.13. The van der Waals surface area contributed by atoms with Crippen LogP contribution in [-0.4, -0.2) is 45.6 Å². The third-order valence-corrected chi connectivity index (χ3v) is 5.51. The number of aromatic nitrogens is 1. The molecule has 2 fully saturated rings. The van der Waals surface area contributed by atoms with Crippen molar-refractivity contribution in [3.8, 4) is 0 Å². The molecule has 1 aromatic rings. The number of β-lactam (4-membered cyclic amide) rings is 1. The minimum Gasteiger partial charge on any atom is -0.481 e. The lowest BCUT2D eigenvalue weighted by molar-refractivity contribution is -0.706. The van der Waals surface area contributed by atoms with Crippen molar-refractivity contribution in [2.75, 3.05) is 12.3 Å². The normalized spacial score (nSPS) is 32.5. The van der Waals surface area contributed by atoms with Gasteiger partial charge in [-0.15, -0.1) is 11.8 Å². The highest BCUT2D eigenvalue weighted by atomic mass is 32.2. The third-order valence-electron chi connectivity index (χ3n) is 3.90. The fraction of sp³-hybridized carbons (Fsp3) is 0.462. The number of carboxylic acids is 1. The van der Waals surface area contributed by atoms with Gasteiger partial charge in [0, 0.05) is 24.4 Å². The maximum atomic E-state index is 11.7. The lowest BCUT2D eigenvalue weighted by atomic mass is 9.87. The average molecular weight is 294 g/mol. The van der Waals surface area contributed by atoms with Gasteiger partial charge in [-0.25, -0.2) is 4.57 Å². The van der Waals surface area contributed by atoms with Crippen molar-refractivity contribution in [1.29, 1.82) is 0 Å². The Balaban J connectivity index is 1.83. The number of nitrogens with two attached hydrogens (primary N) is 1. The number of amides is 1. The van der Waals surface area contributed by atoms with Crippen molar-refractivity contribution in [2.45, 2.75) is 18.0 Å². The number of thioether (sulfide) groups is 1.